The Morgan fingerprint density at radius 3 is 2.76 bits per heavy atom. The molecule has 0 amide bonds. The van der Waals surface area contributed by atoms with E-state index >= 15 is 0 Å². The van der Waals surface area contributed by atoms with Crippen LogP contribution in [-0.4, -0.2) is 28.9 Å². The molecule has 4 nitrogen and oxygen atoms in total. The molecular weight excluding hydrogens is 283 g/mol. The van der Waals surface area contributed by atoms with Crippen LogP contribution in [0, 0.1) is 5.82 Å². The standard InChI is InChI=1S/C14H16F3N3O/c1-14(16,17)9-21-13-6-10(2-3-12(13)15)11-7-19-20(8-11)5-4-18/h2-3,6-8H,4-5,9,18H2,1H3. The Morgan fingerprint density at radius 2 is 2.10 bits per heavy atom. The van der Waals surface area contributed by atoms with Gasteiger partial charge >= 0.3 is 0 Å². The fourth-order valence-electron chi connectivity index (χ4n) is 1.77. The molecule has 0 aliphatic heterocycles. The normalized spacial score (nSPS) is 11.7. The summed E-state index contributed by atoms with van der Waals surface area (Å²) in [4.78, 5) is 0. The van der Waals surface area contributed by atoms with Crippen LogP contribution in [0.25, 0.3) is 11.1 Å². The van der Waals surface area contributed by atoms with E-state index in [1.54, 1.807) is 17.1 Å². The second kappa shape index (κ2) is 6.17. The molecule has 1 heterocycles. The van der Waals surface area contributed by atoms with Gasteiger partial charge < -0.3 is 10.5 Å². The maximum atomic E-state index is 13.6. The zero-order valence-corrected chi connectivity index (χ0v) is 11.5. The summed E-state index contributed by atoms with van der Waals surface area (Å²) in [6.07, 6.45) is 3.35. The first-order valence-electron chi connectivity index (χ1n) is 6.42. The van der Waals surface area contributed by atoms with Crippen LogP contribution in [-0.2, 0) is 6.54 Å². The highest BCUT2D eigenvalue weighted by Crippen LogP contribution is 2.27. The number of halogens is 3. The number of nitrogens with zero attached hydrogens (tertiary/aromatic N) is 2. The van der Waals surface area contributed by atoms with Gasteiger partial charge in [0.15, 0.2) is 18.2 Å². The van der Waals surface area contributed by atoms with Gasteiger partial charge in [-0.25, -0.2) is 13.2 Å². The van der Waals surface area contributed by atoms with Crippen molar-refractivity contribution in [2.45, 2.75) is 19.4 Å². The van der Waals surface area contributed by atoms with Crippen molar-refractivity contribution >= 4 is 0 Å². The van der Waals surface area contributed by atoms with Crippen LogP contribution >= 0.6 is 0 Å². The first-order chi connectivity index (χ1) is 9.89. The van der Waals surface area contributed by atoms with E-state index in [-0.39, 0.29) is 5.75 Å². The third kappa shape index (κ3) is 4.22. The number of ether oxygens (including phenoxy) is 1. The van der Waals surface area contributed by atoms with E-state index in [1.165, 1.54) is 18.2 Å². The Kier molecular flexibility index (Phi) is 4.52. The minimum atomic E-state index is -3.02. The van der Waals surface area contributed by atoms with Gasteiger partial charge in [0.1, 0.15) is 0 Å². The van der Waals surface area contributed by atoms with E-state index in [4.69, 9.17) is 10.5 Å². The van der Waals surface area contributed by atoms with Gasteiger partial charge in [0.25, 0.3) is 5.92 Å². The van der Waals surface area contributed by atoms with Gasteiger partial charge in [-0.15, -0.1) is 0 Å². The predicted molar refractivity (Wildman–Crippen MR) is 72.8 cm³/mol. The Hall–Kier alpha value is -2.02. The van der Waals surface area contributed by atoms with Crippen molar-refractivity contribution in [1.82, 2.24) is 9.78 Å². The molecule has 0 bridgehead atoms. The van der Waals surface area contributed by atoms with Crippen LogP contribution in [0.2, 0.25) is 0 Å². The topological polar surface area (TPSA) is 53.1 Å². The minimum Gasteiger partial charge on any atom is -0.484 e. The molecular formula is C14H16F3N3O. The molecule has 0 spiro atoms. The summed E-state index contributed by atoms with van der Waals surface area (Å²) < 4.78 is 45.6. The summed E-state index contributed by atoms with van der Waals surface area (Å²) in [5.41, 5.74) is 6.80. The maximum Gasteiger partial charge on any atom is 0.278 e. The van der Waals surface area contributed by atoms with Crippen LogP contribution in [0.5, 0.6) is 5.75 Å². The fraction of sp³-hybridized carbons (Fsp3) is 0.357. The second-order valence-electron chi connectivity index (χ2n) is 4.78. The molecule has 0 atom stereocenters. The summed E-state index contributed by atoms with van der Waals surface area (Å²) in [7, 11) is 0. The first kappa shape index (κ1) is 15.4. The zero-order valence-electron chi connectivity index (χ0n) is 11.5. The highest BCUT2D eigenvalue weighted by Gasteiger charge is 2.23. The lowest BCUT2D eigenvalue weighted by Gasteiger charge is -2.13. The van der Waals surface area contributed by atoms with E-state index in [1.807, 2.05) is 0 Å². The van der Waals surface area contributed by atoms with Gasteiger partial charge in [-0.2, -0.15) is 5.10 Å². The lowest BCUT2D eigenvalue weighted by molar-refractivity contribution is -0.0239. The monoisotopic (exact) mass is 299 g/mol. The minimum absolute atomic E-state index is 0.208. The zero-order chi connectivity index (χ0) is 15.5. The predicted octanol–water partition coefficient (Wildman–Crippen LogP) is 2.68. The van der Waals surface area contributed by atoms with Crippen molar-refractivity contribution in [3.8, 4) is 16.9 Å². The Bertz CT molecular complexity index is 608. The SMILES string of the molecule is CC(F)(F)COc1cc(-c2cnn(CCN)c2)ccc1F. The van der Waals surface area contributed by atoms with Crippen molar-refractivity contribution in [3.63, 3.8) is 0 Å². The van der Waals surface area contributed by atoms with Crippen LogP contribution < -0.4 is 10.5 Å². The molecule has 1 aromatic heterocycles. The molecule has 7 heteroatoms. The smallest absolute Gasteiger partial charge is 0.278 e. The average molecular weight is 299 g/mol. The third-order valence-corrected chi connectivity index (χ3v) is 2.74. The Morgan fingerprint density at radius 1 is 1.33 bits per heavy atom. The third-order valence-electron chi connectivity index (χ3n) is 2.74. The number of alkyl halides is 2. The largest absolute Gasteiger partial charge is 0.484 e. The molecule has 2 N–H and O–H groups in total. The van der Waals surface area contributed by atoms with Crippen molar-refractivity contribution < 1.29 is 17.9 Å². The lowest BCUT2D eigenvalue weighted by Crippen LogP contribution is -2.21. The number of hydrogen-bond donors (Lipinski definition) is 1. The van der Waals surface area contributed by atoms with Crippen LogP contribution in [0.1, 0.15) is 6.92 Å². The molecule has 2 aromatic rings. The molecule has 0 unspecified atom stereocenters. The molecule has 2 rings (SSSR count). The molecule has 0 aliphatic carbocycles. The van der Waals surface area contributed by atoms with Gasteiger partial charge in [0.05, 0.1) is 12.7 Å². The lowest BCUT2D eigenvalue weighted by atomic mass is 10.1. The summed E-state index contributed by atoms with van der Waals surface area (Å²) in [6.45, 7) is 0.850. The van der Waals surface area contributed by atoms with Gasteiger partial charge in [-0.1, -0.05) is 6.07 Å². The maximum absolute atomic E-state index is 13.6. The molecule has 0 saturated carbocycles. The van der Waals surface area contributed by atoms with Crippen LogP contribution in [0.4, 0.5) is 13.2 Å². The van der Waals surface area contributed by atoms with E-state index in [0.29, 0.717) is 25.6 Å². The number of rotatable bonds is 6. The van der Waals surface area contributed by atoms with E-state index in [2.05, 4.69) is 5.10 Å². The summed E-state index contributed by atoms with van der Waals surface area (Å²) in [5, 5.41) is 4.10. The highest BCUT2D eigenvalue weighted by atomic mass is 19.3. The molecule has 0 aliphatic rings. The van der Waals surface area contributed by atoms with Gasteiger partial charge in [0, 0.05) is 25.2 Å². The molecule has 0 fully saturated rings. The van der Waals surface area contributed by atoms with Crippen LogP contribution in [0.15, 0.2) is 30.6 Å². The van der Waals surface area contributed by atoms with E-state index in [9.17, 15) is 13.2 Å². The first-order valence-corrected chi connectivity index (χ1v) is 6.42. The Labute approximate surface area is 120 Å². The quantitative estimate of drug-likeness (QED) is 0.892. The molecule has 114 valence electrons. The van der Waals surface area contributed by atoms with Crippen molar-refractivity contribution in [3.05, 3.63) is 36.4 Å². The van der Waals surface area contributed by atoms with Crippen molar-refractivity contribution in [2.75, 3.05) is 13.2 Å². The van der Waals surface area contributed by atoms with Gasteiger partial charge in [-0.05, 0) is 17.7 Å². The summed E-state index contributed by atoms with van der Waals surface area (Å²) in [5.74, 6) is -3.91. The van der Waals surface area contributed by atoms with Crippen molar-refractivity contribution in [2.24, 2.45) is 5.73 Å². The number of nitrogens with two attached hydrogens (primary N) is 1. The molecule has 0 saturated heterocycles. The van der Waals surface area contributed by atoms with Crippen molar-refractivity contribution in [1.29, 1.82) is 0 Å². The average Bonchev–Trinajstić information content (AvgIpc) is 2.86. The number of benzene rings is 1. The number of hydrogen-bond acceptors (Lipinski definition) is 3. The van der Waals surface area contributed by atoms with Crippen LogP contribution in [0.3, 0.4) is 0 Å². The second-order valence-corrected chi connectivity index (χ2v) is 4.78. The Balaban J connectivity index is 2.20. The molecule has 0 radical (unpaired) electrons. The number of aromatic nitrogens is 2. The van der Waals surface area contributed by atoms with Gasteiger partial charge in [-0.3, -0.25) is 4.68 Å². The molecule has 21 heavy (non-hydrogen) atoms. The molecule has 1 aromatic carbocycles. The van der Waals surface area contributed by atoms with Gasteiger partial charge in [0.2, 0.25) is 0 Å². The highest BCUT2D eigenvalue weighted by molar-refractivity contribution is 5.63. The summed E-state index contributed by atoms with van der Waals surface area (Å²) in [6, 6.07) is 4.10. The van der Waals surface area contributed by atoms with E-state index in [0.717, 1.165) is 5.56 Å². The van der Waals surface area contributed by atoms with E-state index < -0.39 is 18.3 Å². The fourth-order valence-corrected chi connectivity index (χ4v) is 1.77. The summed E-state index contributed by atoms with van der Waals surface area (Å²) >= 11 is 0.